The summed E-state index contributed by atoms with van der Waals surface area (Å²) in [6.07, 6.45) is 4.60. The third-order valence-corrected chi connectivity index (χ3v) is 4.05. The smallest absolute Gasteiger partial charge is 0.0942 e. The fourth-order valence-electron chi connectivity index (χ4n) is 2.20. The van der Waals surface area contributed by atoms with Gasteiger partial charge in [0.2, 0.25) is 0 Å². The lowest BCUT2D eigenvalue weighted by molar-refractivity contribution is 1.000. The number of nitrogens with zero attached hydrogens (tertiary/aromatic N) is 2. The third kappa shape index (κ3) is 2.58. The Kier molecular flexibility index (Phi) is 3.52. The number of pyridine rings is 1. The second-order valence-corrected chi connectivity index (χ2v) is 5.66. The van der Waals surface area contributed by atoms with Crippen LogP contribution in [0.2, 0.25) is 0 Å². The monoisotopic (exact) mass is 284 g/mol. The number of hydrogen-bond acceptors (Lipinski definition) is 5. The number of hydrogen-bond donors (Lipinski definition) is 2. The number of nitrogens with one attached hydrogen (secondary N) is 1. The first-order valence-electron chi connectivity index (χ1n) is 6.51. The lowest BCUT2D eigenvalue weighted by Crippen LogP contribution is -2.05. The van der Waals surface area contributed by atoms with Crippen LogP contribution in [0, 0.1) is 6.92 Å². The van der Waals surface area contributed by atoms with E-state index in [1.165, 1.54) is 0 Å². The summed E-state index contributed by atoms with van der Waals surface area (Å²) < 4.78 is 0. The van der Waals surface area contributed by atoms with Crippen LogP contribution < -0.4 is 11.1 Å². The Bertz CT molecular complexity index is 722. The zero-order valence-corrected chi connectivity index (χ0v) is 12.1. The summed E-state index contributed by atoms with van der Waals surface area (Å²) in [6.45, 7) is 2.84. The van der Waals surface area contributed by atoms with Gasteiger partial charge in [0.25, 0.3) is 0 Å². The van der Waals surface area contributed by atoms with Gasteiger partial charge < -0.3 is 11.1 Å². The molecule has 4 nitrogen and oxygen atoms in total. The zero-order chi connectivity index (χ0) is 13.9. The standard InChI is InChI=1S/C15H16N4S/c1-10-8-11-12(9-19-10)13(16)2-3-14(11)17-5-4-15-18-6-7-20-15/h2-3,6-9,17H,4-5,16H2,1H3. The number of benzene rings is 1. The van der Waals surface area contributed by atoms with Gasteiger partial charge in [-0.15, -0.1) is 11.3 Å². The number of fused-ring (bicyclic) bond motifs is 1. The van der Waals surface area contributed by atoms with Gasteiger partial charge in [0.1, 0.15) is 0 Å². The molecule has 0 spiro atoms. The summed E-state index contributed by atoms with van der Waals surface area (Å²) in [4.78, 5) is 8.60. The predicted molar refractivity (Wildman–Crippen MR) is 85.2 cm³/mol. The fraction of sp³-hybridized carbons (Fsp3) is 0.200. The van der Waals surface area contributed by atoms with Gasteiger partial charge in [0, 0.05) is 58.6 Å². The minimum absolute atomic E-state index is 0.762. The Morgan fingerprint density at radius 3 is 2.95 bits per heavy atom. The maximum Gasteiger partial charge on any atom is 0.0942 e. The van der Waals surface area contributed by atoms with Gasteiger partial charge in [-0.25, -0.2) is 4.98 Å². The molecule has 0 aliphatic heterocycles. The van der Waals surface area contributed by atoms with Crippen LogP contribution in [-0.4, -0.2) is 16.5 Å². The van der Waals surface area contributed by atoms with Crippen molar-refractivity contribution in [2.75, 3.05) is 17.6 Å². The summed E-state index contributed by atoms with van der Waals surface area (Å²) in [5.74, 6) is 0. The first-order chi connectivity index (χ1) is 9.74. The lowest BCUT2D eigenvalue weighted by atomic mass is 10.1. The van der Waals surface area contributed by atoms with Crippen molar-refractivity contribution in [1.82, 2.24) is 9.97 Å². The third-order valence-electron chi connectivity index (χ3n) is 3.21. The summed E-state index contributed by atoms with van der Waals surface area (Å²) in [7, 11) is 0. The number of nitrogen functional groups attached to an aromatic ring is 1. The van der Waals surface area contributed by atoms with Crippen molar-refractivity contribution in [2.45, 2.75) is 13.3 Å². The van der Waals surface area contributed by atoms with Gasteiger partial charge in [-0.05, 0) is 25.1 Å². The highest BCUT2D eigenvalue weighted by atomic mass is 32.1. The van der Waals surface area contributed by atoms with E-state index in [9.17, 15) is 0 Å². The van der Waals surface area contributed by atoms with E-state index < -0.39 is 0 Å². The van der Waals surface area contributed by atoms with E-state index in [-0.39, 0.29) is 0 Å². The van der Waals surface area contributed by atoms with Crippen molar-refractivity contribution < 1.29 is 0 Å². The molecule has 0 atom stereocenters. The Morgan fingerprint density at radius 1 is 1.25 bits per heavy atom. The second-order valence-electron chi connectivity index (χ2n) is 4.68. The van der Waals surface area contributed by atoms with Gasteiger partial charge in [0.15, 0.2) is 0 Å². The molecule has 0 aliphatic rings. The highest BCUT2D eigenvalue weighted by Gasteiger charge is 2.05. The molecule has 3 N–H and O–H groups in total. The van der Waals surface area contributed by atoms with E-state index in [0.29, 0.717) is 0 Å². The van der Waals surface area contributed by atoms with E-state index in [0.717, 1.165) is 45.8 Å². The Morgan fingerprint density at radius 2 is 2.15 bits per heavy atom. The van der Waals surface area contributed by atoms with Crippen LogP contribution in [0.15, 0.2) is 36.0 Å². The summed E-state index contributed by atoms with van der Waals surface area (Å²) in [6, 6.07) is 6.02. The van der Waals surface area contributed by atoms with E-state index in [4.69, 9.17) is 5.73 Å². The first-order valence-corrected chi connectivity index (χ1v) is 7.39. The molecule has 20 heavy (non-hydrogen) atoms. The second kappa shape index (κ2) is 5.46. The molecule has 102 valence electrons. The molecule has 0 amide bonds. The number of nitrogens with two attached hydrogens (primary N) is 1. The van der Waals surface area contributed by atoms with E-state index >= 15 is 0 Å². The average molecular weight is 284 g/mol. The van der Waals surface area contributed by atoms with E-state index in [1.807, 2.05) is 36.8 Å². The molecule has 0 unspecified atom stereocenters. The van der Waals surface area contributed by atoms with Gasteiger partial charge >= 0.3 is 0 Å². The van der Waals surface area contributed by atoms with Crippen LogP contribution in [0.3, 0.4) is 0 Å². The molecule has 0 saturated carbocycles. The van der Waals surface area contributed by atoms with Gasteiger partial charge in [-0.2, -0.15) is 0 Å². The molecular weight excluding hydrogens is 268 g/mol. The Labute approximate surface area is 121 Å². The van der Waals surface area contributed by atoms with Crippen LogP contribution >= 0.6 is 11.3 Å². The number of anilines is 2. The number of aromatic nitrogens is 2. The van der Waals surface area contributed by atoms with Crippen molar-refractivity contribution in [3.8, 4) is 0 Å². The van der Waals surface area contributed by atoms with Crippen molar-refractivity contribution in [2.24, 2.45) is 0 Å². The summed E-state index contributed by atoms with van der Waals surface area (Å²) in [5.41, 5.74) is 8.85. The van der Waals surface area contributed by atoms with Gasteiger partial charge in [-0.1, -0.05) is 0 Å². The molecule has 0 bridgehead atoms. The highest BCUT2D eigenvalue weighted by Crippen LogP contribution is 2.28. The average Bonchev–Trinajstić information content (AvgIpc) is 2.94. The summed E-state index contributed by atoms with van der Waals surface area (Å²) >= 11 is 1.69. The lowest BCUT2D eigenvalue weighted by Gasteiger charge is -2.11. The zero-order valence-electron chi connectivity index (χ0n) is 11.3. The number of thiazole rings is 1. The van der Waals surface area contributed by atoms with E-state index in [1.54, 1.807) is 11.3 Å². The summed E-state index contributed by atoms with van der Waals surface area (Å²) in [5, 5.41) is 8.73. The molecule has 1 aromatic carbocycles. The largest absolute Gasteiger partial charge is 0.398 e. The minimum Gasteiger partial charge on any atom is -0.398 e. The number of aryl methyl sites for hydroxylation is 1. The topological polar surface area (TPSA) is 63.8 Å². The number of rotatable bonds is 4. The van der Waals surface area contributed by atoms with Crippen LogP contribution in [0.5, 0.6) is 0 Å². The van der Waals surface area contributed by atoms with Gasteiger partial charge in [-0.3, -0.25) is 4.98 Å². The van der Waals surface area contributed by atoms with Crippen molar-refractivity contribution in [3.63, 3.8) is 0 Å². The maximum atomic E-state index is 6.00. The molecule has 0 radical (unpaired) electrons. The van der Waals surface area contributed by atoms with Crippen LogP contribution in [0.4, 0.5) is 11.4 Å². The normalized spacial score (nSPS) is 10.8. The van der Waals surface area contributed by atoms with Crippen LogP contribution in [0.25, 0.3) is 10.8 Å². The first kappa shape index (κ1) is 12.9. The Balaban J connectivity index is 1.84. The highest BCUT2D eigenvalue weighted by molar-refractivity contribution is 7.09. The van der Waals surface area contributed by atoms with Gasteiger partial charge in [0.05, 0.1) is 5.01 Å². The van der Waals surface area contributed by atoms with E-state index in [2.05, 4.69) is 21.4 Å². The molecule has 0 aliphatic carbocycles. The molecular formula is C15H16N4S. The van der Waals surface area contributed by atoms with Crippen LogP contribution in [-0.2, 0) is 6.42 Å². The predicted octanol–water partition coefficient (Wildman–Crippen LogP) is 3.24. The molecule has 2 heterocycles. The molecule has 2 aromatic heterocycles. The van der Waals surface area contributed by atoms with Crippen LogP contribution in [0.1, 0.15) is 10.7 Å². The molecule has 0 fully saturated rings. The molecule has 0 saturated heterocycles. The Hall–Kier alpha value is -2.14. The molecule has 5 heteroatoms. The molecule has 3 aromatic rings. The maximum absolute atomic E-state index is 6.00. The van der Waals surface area contributed by atoms with Crippen molar-refractivity contribution in [1.29, 1.82) is 0 Å². The SMILES string of the molecule is Cc1cc2c(NCCc3nccs3)ccc(N)c2cn1. The van der Waals surface area contributed by atoms with Crippen molar-refractivity contribution >= 4 is 33.5 Å². The quantitative estimate of drug-likeness (QED) is 0.722. The minimum atomic E-state index is 0.762. The molecule has 3 rings (SSSR count). The fourth-order valence-corrected chi connectivity index (χ4v) is 2.82. The van der Waals surface area contributed by atoms with Crippen molar-refractivity contribution in [3.05, 3.63) is 46.7 Å².